The summed E-state index contributed by atoms with van der Waals surface area (Å²) in [6.07, 6.45) is 2.15. The molecule has 0 aromatic heterocycles. The summed E-state index contributed by atoms with van der Waals surface area (Å²) < 4.78 is 6.54. The van der Waals surface area contributed by atoms with Crippen molar-refractivity contribution >= 4 is 15.9 Å². The Bertz CT molecular complexity index is 378. The summed E-state index contributed by atoms with van der Waals surface area (Å²) in [6.45, 7) is 3.79. The topological polar surface area (TPSA) is 47.3 Å². The van der Waals surface area contributed by atoms with Crippen molar-refractivity contribution in [2.24, 2.45) is 11.8 Å². The Hall–Kier alpha value is -0.420. The number of halogens is 1. The number of rotatable bonds is 3. The first-order valence-corrected chi connectivity index (χ1v) is 6.81. The third kappa shape index (κ3) is 3.07. The zero-order valence-corrected chi connectivity index (χ0v) is 11.7. The summed E-state index contributed by atoms with van der Waals surface area (Å²) in [4.78, 5) is 0. The summed E-state index contributed by atoms with van der Waals surface area (Å²) in [5.41, 5.74) is 5.47. The lowest BCUT2D eigenvalue weighted by Gasteiger charge is -2.30. The van der Waals surface area contributed by atoms with E-state index in [4.69, 9.17) is 10.6 Å². The number of nitrogens with one attached hydrogen (secondary N) is 1. The molecule has 3 nitrogen and oxygen atoms in total. The quantitative estimate of drug-likeness (QED) is 0.666. The molecule has 1 unspecified atom stereocenters. The molecule has 1 aromatic rings. The number of nitrogens with two attached hydrogens (primary N) is 1. The number of aryl methyl sites for hydroxylation is 1. The van der Waals surface area contributed by atoms with Crippen LogP contribution in [0.15, 0.2) is 22.7 Å². The van der Waals surface area contributed by atoms with Crippen molar-refractivity contribution < 1.29 is 4.74 Å². The number of hydrogen-bond acceptors (Lipinski definition) is 3. The van der Waals surface area contributed by atoms with Gasteiger partial charge in [0.05, 0.1) is 0 Å². The third-order valence-electron chi connectivity index (χ3n) is 3.46. The zero-order chi connectivity index (χ0) is 12.3. The second-order valence-corrected chi connectivity index (χ2v) is 5.46. The molecule has 1 aromatic carbocycles. The first-order chi connectivity index (χ1) is 8.22. The molecule has 0 saturated carbocycles. The summed E-state index contributed by atoms with van der Waals surface area (Å²) in [6, 6.07) is 6.65. The Morgan fingerprint density at radius 2 is 2.12 bits per heavy atom. The molecule has 1 heterocycles. The van der Waals surface area contributed by atoms with Crippen LogP contribution in [0.2, 0.25) is 0 Å². The van der Waals surface area contributed by atoms with Crippen molar-refractivity contribution in [3.05, 3.63) is 33.8 Å². The molecule has 1 atom stereocenters. The average Bonchev–Trinajstić information content (AvgIpc) is 2.36. The number of hydrazine groups is 1. The fourth-order valence-corrected chi connectivity index (χ4v) is 2.66. The molecular weight excluding hydrogens is 280 g/mol. The van der Waals surface area contributed by atoms with Gasteiger partial charge in [-0.3, -0.25) is 11.3 Å². The maximum Gasteiger partial charge on any atom is 0.0489 e. The zero-order valence-electron chi connectivity index (χ0n) is 10.1. The maximum atomic E-state index is 5.72. The molecule has 0 amide bonds. The van der Waals surface area contributed by atoms with Gasteiger partial charge in [-0.1, -0.05) is 28.1 Å². The summed E-state index contributed by atoms with van der Waals surface area (Å²) in [5.74, 6) is 6.29. The van der Waals surface area contributed by atoms with Gasteiger partial charge in [-0.15, -0.1) is 0 Å². The van der Waals surface area contributed by atoms with Gasteiger partial charge in [-0.05, 0) is 42.9 Å². The summed E-state index contributed by atoms with van der Waals surface area (Å²) >= 11 is 3.52. The van der Waals surface area contributed by atoms with Crippen molar-refractivity contribution in [1.82, 2.24) is 5.43 Å². The van der Waals surface area contributed by atoms with Crippen LogP contribution < -0.4 is 11.3 Å². The summed E-state index contributed by atoms with van der Waals surface area (Å²) in [5, 5.41) is 0. The van der Waals surface area contributed by atoms with E-state index in [1.807, 2.05) is 0 Å². The Morgan fingerprint density at radius 3 is 2.71 bits per heavy atom. The highest BCUT2D eigenvalue weighted by molar-refractivity contribution is 9.10. The van der Waals surface area contributed by atoms with Gasteiger partial charge in [0.1, 0.15) is 0 Å². The maximum absolute atomic E-state index is 5.72. The first kappa shape index (κ1) is 13.0. The van der Waals surface area contributed by atoms with Gasteiger partial charge in [0.25, 0.3) is 0 Å². The van der Waals surface area contributed by atoms with Crippen LogP contribution in [0.5, 0.6) is 0 Å². The van der Waals surface area contributed by atoms with Gasteiger partial charge in [-0.25, -0.2) is 0 Å². The SMILES string of the molecule is Cc1cc(C(NN)C2CCOCC2)ccc1Br. The van der Waals surface area contributed by atoms with E-state index in [2.05, 4.69) is 46.5 Å². The van der Waals surface area contributed by atoms with Crippen LogP contribution in [0.1, 0.15) is 30.0 Å². The van der Waals surface area contributed by atoms with Crippen molar-refractivity contribution in [3.8, 4) is 0 Å². The predicted molar refractivity (Wildman–Crippen MR) is 72.5 cm³/mol. The van der Waals surface area contributed by atoms with E-state index in [0.29, 0.717) is 5.92 Å². The van der Waals surface area contributed by atoms with Gasteiger partial charge in [0.15, 0.2) is 0 Å². The van der Waals surface area contributed by atoms with Gasteiger partial charge in [-0.2, -0.15) is 0 Å². The molecule has 1 fully saturated rings. The van der Waals surface area contributed by atoms with Crippen molar-refractivity contribution in [2.75, 3.05) is 13.2 Å². The Morgan fingerprint density at radius 1 is 1.41 bits per heavy atom. The standard InChI is InChI=1S/C13H19BrN2O/c1-9-8-11(2-3-12(9)14)13(16-15)10-4-6-17-7-5-10/h2-3,8,10,13,16H,4-7,15H2,1H3. The molecule has 0 radical (unpaired) electrons. The van der Waals surface area contributed by atoms with Crippen LogP contribution in [-0.4, -0.2) is 13.2 Å². The van der Waals surface area contributed by atoms with E-state index in [-0.39, 0.29) is 6.04 Å². The van der Waals surface area contributed by atoms with Crippen LogP contribution in [0.25, 0.3) is 0 Å². The fraction of sp³-hybridized carbons (Fsp3) is 0.538. The second-order valence-electron chi connectivity index (χ2n) is 4.60. The molecule has 0 spiro atoms. The minimum Gasteiger partial charge on any atom is -0.381 e. The smallest absolute Gasteiger partial charge is 0.0489 e. The largest absolute Gasteiger partial charge is 0.381 e. The Kier molecular flexibility index (Phi) is 4.56. The normalized spacial score (nSPS) is 19.2. The highest BCUT2D eigenvalue weighted by Gasteiger charge is 2.24. The average molecular weight is 299 g/mol. The van der Waals surface area contributed by atoms with Gasteiger partial charge in [0, 0.05) is 23.7 Å². The van der Waals surface area contributed by atoms with E-state index >= 15 is 0 Å². The lowest BCUT2D eigenvalue weighted by molar-refractivity contribution is 0.0536. The minimum atomic E-state index is 0.227. The molecule has 3 N–H and O–H groups in total. The molecule has 2 rings (SSSR count). The van der Waals surface area contributed by atoms with E-state index in [1.165, 1.54) is 11.1 Å². The lowest BCUT2D eigenvalue weighted by atomic mass is 9.87. The van der Waals surface area contributed by atoms with Crippen molar-refractivity contribution in [3.63, 3.8) is 0 Å². The van der Waals surface area contributed by atoms with Gasteiger partial charge >= 0.3 is 0 Å². The van der Waals surface area contributed by atoms with Crippen LogP contribution >= 0.6 is 15.9 Å². The van der Waals surface area contributed by atoms with Crippen molar-refractivity contribution in [1.29, 1.82) is 0 Å². The van der Waals surface area contributed by atoms with Gasteiger partial charge < -0.3 is 4.74 Å². The highest BCUT2D eigenvalue weighted by Crippen LogP contribution is 2.31. The van der Waals surface area contributed by atoms with E-state index in [1.54, 1.807) is 0 Å². The number of ether oxygens (including phenoxy) is 1. The molecule has 1 aliphatic rings. The number of benzene rings is 1. The van der Waals surface area contributed by atoms with Crippen LogP contribution in [0.3, 0.4) is 0 Å². The van der Waals surface area contributed by atoms with E-state index < -0.39 is 0 Å². The summed E-state index contributed by atoms with van der Waals surface area (Å²) in [7, 11) is 0. The molecule has 4 heteroatoms. The van der Waals surface area contributed by atoms with E-state index in [9.17, 15) is 0 Å². The van der Waals surface area contributed by atoms with Crippen LogP contribution in [0, 0.1) is 12.8 Å². The molecule has 1 aliphatic heterocycles. The molecule has 94 valence electrons. The van der Waals surface area contributed by atoms with Crippen LogP contribution in [-0.2, 0) is 4.74 Å². The molecular formula is C13H19BrN2O. The molecule has 17 heavy (non-hydrogen) atoms. The lowest BCUT2D eigenvalue weighted by Crippen LogP contribution is -2.36. The third-order valence-corrected chi connectivity index (χ3v) is 4.35. The molecule has 0 aliphatic carbocycles. The minimum absolute atomic E-state index is 0.227. The van der Waals surface area contributed by atoms with Gasteiger partial charge in [0.2, 0.25) is 0 Å². The molecule has 0 bridgehead atoms. The van der Waals surface area contributed by atoms with Crippen LogP contribution in [0.4, 0.5) is 0 Å². The Balaban J connectivity index is 2.18. The highest BCUT2D eigenvalue weighted by atomic mass is 79.9. The second kappa shape index (κ2) is 5.96. The predicted octanol–water partition coefficient (Wildman–Crippen LogP) is 2.69. The Labute approximate surface area is 111 Å². The van der Waals surface area contributed by atoms with Crippen molar-refractivity contribution in [2.45, 2.75) is 25.8 Å². The fourth-order valence-electron chi connectivity index (χ4n) is 2.41. The van der Waals surface area contributed by atoms with E-state index in [0.717, 1.165) is 30.5 Å². The molecule has 1 saturated heterocycles. The number of hydrogen-bond donors (Lipinski definition) is 2. The first-order valence-electron chi connectivity index (χ1n) is 6.02. The monoisotopic (exact) mass is 298 g/mol.